The molecule has 0 fully saturated rings. The van der Waals surface area contributed by atoms with Crippen LogP contribution in [0, 0.1) is 6.92 Å². The van der Waals surface area contributed by atoms with E-state index in [0.29, 0.717) is 12.1 Å². The Labute approximate surface area is 167 Å². The Morgan fingerprint density at radius 3 is 2.46 bits per heavy atom. The molecule has 0 atom stereocenters. The minimum atomic E-state index is -0.0283. The van der Waals surface area contributed by atoms with Crippen molar-refractivity contribution in [2.24, 2.45) is 0 Å². The van der Waals surface area contributed by atoms with Gasteiger partial charge >= 0.3 is 0 Å². The number of rotatable bonds is 8. The van der Waals surface area contributed by atoms with Crippen LogP contribution in [-0.4, -0.2) is 24.1 Å². The maximum Gasteiger partial charge on any atom is 0.253 e. The van der Waals surface area contributed by atoms with Crippen LogP contribution >= 0.6 is 0 Å². The number of amides is 1. The summed E-state index contributed by atoms with van der Waals surface area (Å²) in [5.74, 6) is 0.743. The van der Waals surface area contributed by atoms with Gasteiger partial charge in [-0.2, -0.15) is 0 Å². The lowest BCUT2D eigenvalue weighted by molar-refractivity contribution is 0.0952. The highest BCUT2D eigenvalue weighted by molar-refractivity contribution is 5.97. The molecular formula is C24H28N2O2. The zero-order valence-electron chi connectivity index (χ0n) is 16.9. The van der Waals surface area contributed by atoms with Crippen molar-refractivity contribution in [2.45, 2.75) is 33.1 Å². The molecule has 1 amide bonds. The van der Waals surface area contributed by atoms with Gasteiger partial charge in [-0.05, 0) is 37.1 Å². The van der Waals surface area contributed by atoms with E-state index in [1.165, 1.54) is 0 Å². The zero-order chi connectivity index (χ0) is 19.9. The molecule has 0 aliphatic carbocycles. The SMILES string of the molecule is CCCCCNC(=O)c1cc(-c2ccccc2)n(-c2ccccc2OC)c1C. The minimum absolute atomic E-state index is 0.0283. The number of carbonyl (C=O) groups excluding carboxylic acids is 1. The summed E-state index contributed by atoms with van der Waals surface area (Å²) in [5, 5.41) is 3.06. The molecule has 3 rings (SSSR count). The van der Waals surface area contributed by atoms with E-state index in [1.54, 1.807) is 7.11 Å². The Balaban J connectivity index is 2.07. The van der Waals surface area contributed by atoms with Crippen LogP contribution in [0.2, 0.25) is 0 Å². The van der Waals surface area contributed by atoms with Gasteiger partial charge in [0.05, 0.1) is 24.1 Å². The van der Waals surface area contributed by atoms with Crippen molar-refractivity contribution in [3.63, 3.8) is 0 Å². The molecular weight excluding hydrogens is 348 g/mol. The predicted octanol–water partition coefficient (Wildman–Crippen LogP) is 5.38. The number of hydrogen-bond donors (Lipinski definition) is 1. The Kier molecular flexibility index (Phi) is 6.53. The van der Waals surface area contributed by atoms with E-state index in [1.807, 2.05) is 55.5 Å². The van der Waals surface area contributed by atoms with E-state index < -0.39 is 0 Å². The number of aromatic nitrogens is 1. The molecule has 1 N–H and O–H groups in total. The summed E-state index contributed by atoms with van der Waals surface area (Å²) in [6.45, 7) is 4.85. The average Bonchev–Trinajstić information content (AvgIpc) is 3.08. The van der Waals surface area contributed by atoms with Crippen LogP contribution in [-0.2, 0) is 0 Å². The first kappa shape index (κ1) is 19.7. The van der Waals surface area contributed by atoms with Crippen molar-refractivity contribution in [1.29, 1.82) is 0 Å². The summed E-state index contributed by atoms with van der Waals surface area (Å²) < 4.78 is 7.69. The lowest BCUT2D eigenvalue weighted by Crippen LogP contribution is -2.24. The van der Waals surface area contributed by atoms with Gasteiger partial charge < -0.3 is 14.6 Å². The fourth-order valence-electron chi connectivity index (χ4n) is 3.46. The quantitative estimate of drug-likeness (QED) is 0.536. The lowest BCUT2D eigenvalue weighted by atomic mass is 10.1. The maximum absolute atomic E-state index is 12.9. The van der Waals surface area contributed by atoms with Gasteiger partial charge in [-0.15, -0.1) is 0 Å². The summed E-state index contributed by atoms with van der Waals surface area (Å²) in [6.07, 6.45) is 3.26. The summed E-state index contributed by atoms with van der Waals surface area (Å²) in [7, 11) is 1.67. The van der Waals surface area contributed by atoms with Crippen LogP contribution in [0.15, 0.2) is 60.7 Å². The topological polar surface area (TPSA) is 43.3 Å². The largest absolute Gasteiger partial charge is 0.495 e. The summed E-state index contributed by atoms with van der Waals surface area (Å²) in [5.41, 5.74) is 4.55. The monoisotopic (exact) mass is 376 g/mol. The fourth-order valence-corrected chi connectivity index (χ4v) is 3.46. The Hall–Kier alpha value is -3.01. The van der Waals surface area contributed by atoms with Crippen molar-refractivity contribution >= 4 is 5.91 Å². The third kappa shape index (κ3) is 4.11. The smallest absolute Gasteiger partial charge is 0.253 e. The molecule has 2 aromatic carbocycles. The minimum Gasteiger partial charge on any atom is -0.495 e. The number of nitrogens with zero attached hydrogens (tertiary/aromatic N) is 1. The maximum atomic E-state index is 12.9. The normalized spacial score (nSPS) is 10.7. The van der Waals surface area contributed by atoms with Gasteiger partial charge in [0.15, 0.2) is 0 Å². The molecule has 0 spiro atoms. The summed E-state index contributed by atoms with van der Waals surface area (Å²) >= 11 is 0. The zero-order valence-corrected chi connectivity index (χ0v) is 16.9. The first-order chi connectivity index (χ1) is 13.7. The number of benzene rings is 2. The Morgan fingerprint density at radius 2 is 1.75 bits per heavy atom. The van der Waals surface area contributed by atoms with E-state index in [0.717, 1.165) is 47.7 Å². The first-order valence-electron chi connectivity index (χ1n) is 9.86. The number of carbonyl (C=O) groups is 1. The van der Waals surface area contributed by atoms with E-state index in [-0.39, 0.29) is 5.91 Å². The summed E-state index contributed by atoms with van der Waals surface area (Å²) in [6, 6.07) is 20.0. The standard InChI is InChI=1S/C24H28N2O2/c1-4-5-11-16-25-24(27)20-17-22(19-12-7-6-8-13-19)26(18(20)2)21-14-9-10-15-23(21)28-3/h6-10,12-15,17H,4-5,11,16H2,1-3H3,(H,25,27). The van der Waals surface area contributed by atoms with Gasteiger partial charge in [0.2, 0.25) is 0 Å². The average molecular weight is 377 g/mol. The number of hydrogen-bond acceptors (Lipinski definition) is 2. The first-order valence-corrected chi connectivity index (χ1v) is 9.86. The molecule has 1 aromatic heterocycles. The molecule has 1 heterocycles. The van der Waals surface area contributed by atoms with Crippen molar-refractivity contribution < 1.29 is 9.53 Å². The van der Waals surface area contributed by atoms with Crippen LogP contribution in [0.1, 0.15) is 42.2 Å². The second-order valence-electron chi connectivity index (χ2n) is 6.86. The molecule has 3 aromatic rings. The highest BCUT2D eigenvalue weighted by Gasteiger charge is 2.21. The fraction of sp³-hybridized carbons (Fsp3) is 0.292. The third-order valence-corrected chi connectivity index (χ3v) is 4.95. The van der Waals surface area contributed by atoms with Gasteiger partial charge in [0, 0.05) is 12.2 Å². The van der Waals surface area contributed by atoms with Gasteiger partial charge in [-0.1, -0.05) is 62.2 Å². The van der Waals surface area contributed by atoms with Crippen molar-refractivity contribution in [3.05, 3.63) is 71.9 Å². The Bertz CT molecular complexity index is 929. The summed E-state index contributed by atoms with van der Waals surface area (Å²) in [4.78, 5) is 12.9. The van der Waals surface area contributed by atoms with Crippen LogP contribution < -0.4 is 10.1 Å². The number of ether oxygens (including phenoxy) is 1. The van der Waals surface area contributed by atoms with E-state index >= 15 is 0 Å². The molecule has 28 heavy (non-hydrogen) atoms. The van der Waals surface area contributed by atoms with Gasteiger partial charge in [0.25, 0.3) is 5.91 Å². The van der Waals surface area contributed by atoms with Crippen LogP contribution in [0.3, 0.4) is 0 Å². The third-order valence-electron chi connectivity index (χ3n) is 4.95. The molecule has 4 nitrogen and oxygen atoms in total. The molecule has 0 unspecified atom stereocenters. The molecule has 0 aliphatic heterocycles. The molecule has 4 heteroatoms. The molecule has 0 saturated carbocycles. The highest BCUT2D eigenvalue weighted by Crippen LogP contribution is 2.33. The van der Waals surface area contributed by atoms with Gasteiger partial charge in [-0.3, -0.25) is 4.79 Å². The molecule has 0 saturated heterocycles. The van der Waals surface area contributed by atoms with Crippen LogP contribution in [0.25, 0.3) is 16.9 Å². The molecule has 0 radical (unpaired) electrons. The van der Waals surface area contributed by atoms with Crippen LogP contribution in [0.5, 0.6) is 5.75 Å². The molecule has 0 aliphatic rings. The molecule has 146 valence electrons. The lowest BCUT2D eigenvalue weighted by Gasteiger charge is -2.15. The molecule has 0 bridgehead atoms. The van der Waals surface area contributed by atoms with Crippen LogP contribution in [0.4, 0.5) is 0 Å². The number of unbranched alkanes of at least 4 members (excludes halogenated alkanes) is 2. The predicted molar refractivity (Wildman–Crippen MR) is 114 cm³/mol. The number of methoxy groups -OCH3 is 1. The van der Waals surface area contributed by atoms with Crippen molar-refractivity contribution in [1.82, 2.24) is 9.88 Å². The highest BCUT2D eigenvalue weighted by atomic mass is 16.5. The van der Waals surface area contributed by atoms with Gasteiger partial charge in [0.1, 0.15) is 5.75 Å². The van der Waals surface area contributed by atoms with Crippen molar-refractivity contribution in [3.8, 4) is 22.7 Å². The van der Waals surface area contributed by atoms with Gasteiger partial charge in [-0.25, -0.2) is 0 Å². The second-order valence-corrected chi connectivity index (χ2v) is 6.86. The van der Waals surface area contributed by atoms with Crippen molar-refractivity contribution in [2.75, 3.05) is 13.7 Å². The second kappa shape index (κ2) is 9.27. The van der Waals surface area contributed by atoms with E-state index in [4.69, 9.17) is 4.74 Å². The number of para-hydroxylation sites is 2. The van der Waals surface area contributed by atoms with E-state index in [9.17, 15) is 4.79 Å². The Morgan fingerprint density at radius 1 is 1.04 bits per heavy atom. The number of nitrogens with one attached hydrogen (secondary N) is 1. The van der Waals surface area contributed by atoms with E-state index in [2.05, 4.69) is 28.9 Å².